The number of pyridine rings is 2. The lowest BCUT2D eigenvalue weighted by molar-refractivity contribution is -0.127. The minimum Gasteiger partial charge on any atom is -0.366 e. The maximum Gasteiger partial charge on any atom is 0.249 e. The maximum absolute atomic E-state index is 12.3. The summed E-state index contributed by atoms with van der Waals surface area (Å²) in [7, 11) is 0. The number of carbonyl (C=O) groups excluding carboxylic acids is 1. The molecule has 0 atom stereocenters. The lowest BCUT2D eigenvalue weighted by atomic mass is 10.0. The third-order valence-corrected chi connectivity index (χ3v) is 8.39. The van der Waals surface area contributed by atoms with Gasteiger partial charge in [-0.15, -0.1) is 0 Å². The molecule has 0 aromatic carbocycles. The Hall–Kier alpha value is -4.53. The molecule has 0 spiro atoms. The molecule has 11 heteroatoms. The van der Waals surface area contributed by atoms with Gasteiger partial charge >= 0.3 is 0 Å². The van der Waals surface area contributed by atoms with Gasteiger partial charge in [-0.25, -0.2) is 9.50 Å². The quantitative estimate of drug-likeness (QED) is 0.289. The molecule has 0 saturated carbocycles. The van der Waals surface area contributed by atoms with E-state index in [0.29, 0.717) is 50.1 Å². The standard InChI is InChI=1S/C32H37N9O2/c1-4-43-22-37-9-7-28(8-10-37)40-21-27(19-35-40)25-15-29(31-26(16-33)18-36-41(31)20-25)24-5-6-30(34-17-24)38-11-13-39(14-12-38)32(42)23(2)3/h5-6,15,17-21,28H,2,4,7-14,22H2,1,3H3. The fraction of sp³-hybridized carbons (Fsp3) is 0.406. The Labute approximate surface area is 251 Å². The predicted octanol–water partition coefficient (Wildman–Crippen LogP) is 3.99. The van der Waals surface area contributed by atoms with Crippen molar-refractivity contribution >= 4 is 17.2 Å². The molecule has 222 valence electrons. The summed E-state index contributed by atoms with van der Waals surface area (Å²) in [5.74, 6) is 0.871. The van der Waals surface area contributed by atoms with Gasteiger partial charge < -0.3 is 14.5 Å². The number of aromatic nitrogens is 5. The van der Waals surface area contributed by atoms with Gasteiger partial charge in [-0.05, 0) is 44.9 Å². The number of nitrogens with zero attached hydrogens (tertiary/aromatic N) is 9. The number of hydrogen-bond donors (Lipinski definition) is 0. The highest BCUT2D eigenvalue weighted by molar-refractivity contribution is 5.92. The smallest absolute Gasteiger partial charge is 0.249 e. The van der Waals surface area contributed by atoms with E-state index in [1.807, 2.05) is 42.5 Å². The summed E-state index contributed by atoms with van der Waals surface area (Å²) in [6, 6.07) is 8.79. The number of piperidine rings is 1. The average Bonchev–Trinajstić information content (AvgIpc) is 3.71. The first-order chi connectivity index (χ1) is 20.9. The van der Waals surface area contributed by atoms with Gasteiger partial charge in [0, 0.05) is 92.3 Å². The Balaban J connectivity index is 1.23. The second-order valence-electron chi connectivity index (χ2n) is 11.3. The van der Waals surface area contributed by atoms with Crippen LogP contribution in [-0.2, 0) is 9.53 Å². The summed E-state index contributed by atoms with van der Waals surface area (Å²) < 4.78 is 9.44. The van der Waals surface area contributed by atoms with Crippen molar-refractivity contribution in [1.29, 1.82) is 5.26 Å². The van der Waals surface area contributed by atoms with Crippen molar-refractivity contribution in [2.45, 2.75) is 32.7 Å². The van der Waals surface area contributed by atoms with Gasteiger partial charge in [-0.2, -0.15) is 15.5 Å². The van der Waals surface area contributed by atoms with Crippen molar-refractivity contribution in [3.8, 4) is 28.3 Å². The SMILES string of the molecule is C=C(C)C(=O)N1CCN(c2ccc(-c3cc(-c4cnn(C5CCN(COCC)CC5)c4)cn4ncc(C#N)c34)cn2)CC1. The second-order valence-corrected chi connectivity index (χ2v) is 11.3. The number of nitriles is 1. The Kier molecular flexibility index (Phi) is 8.22. The van der Waals surface area contributed by atoms with E-state index in [1.165, 1.54) is 0 Å². The molecule has 1 amide bonds. The van der Waals surface area contributed by atoms with E-state index in [4.69, 9.17) is 14.8 Å². The average molecular weight is 580 g/mol. The van der Waals surface area contributed by atoms with Crippen molar-refractivity contribution in [1.82, 2.24) is 34.2 Å². The summed E-state index contributed by atoms with van der Waals surface area (Å²) in [4.78, 5) is 23.4. The van der Waals surface area contributed by atoms with E-state index in [-0.39, 0.29) is 5.91 Å². The van der Waals surface area contributed by atoms with Crippen molar-refractivity contribution in [2.75, 3.05) is 57.5 Å². The van der Waals surface area contributed by atoms with E-state index < -0.39 is 0 Å². The molecule has 0 aliphatic carbocycles. The van der Waals surface area contributed by atoms with Crippen LogP contribution in [0.4, 0.5) is 5.82 Å². The van der Waals surface area contributed by atoms with Gasteiger partial charge in [0.2, 0.25) is 5.91 Å². The molecule has 0 bridgehead atoms. The van der Waals surface area contributed by atoms with Crippen molar-refractivity contribution < 1.29 is 9.53 Å². The summed E-state index contributed by atoms with van der Waals surface area (Å²) in [6.45, 7) is 13.7. The fourth-order valence-corrected chi connectivity index (χ4v) is 5.94. The molecule has 4 aromatic heterocycles. The van der Waals surface area contributed by atoms with Crippen LogP contribution in [0.5, 0.6) is 0 Å². The number of piperazine rings is 1. The Morgan fingerprint density at radius 2 is 1.81 bits per heavy atom. The third kappa shape index (κ3) is 5.89. The third-order valence-electron chi connectivity index (χ3n) is 8.39. The van der Waals surface area contributed by atoms with Gasteiger partial charge in [0.1, 0.15) is 11.9 Å². The van der Waals surface area contributed by atoms with Crippen LogP contribution >= 0.6 is 0 Å². The van der Waals surface area contributed by atoms with E-state index >= 15 is 0 Å². The van der Waals surface area contributed by atoms with Crippen LogP contribution in [0, 0.1) is 11.3 Å². The zero-order valence-corrected chi connectivity index (χ0v) is 24.8. The van der Waals surface area contributed by atoms with E-state index in [0.717, 1.165) is 66.1 Å². The number of fused-ring (bicyclic) bond motifs is 1. The first-order valence-electron chi connectivity index (χ1n) is 14.9. The monoisotopic (exact) mass is 579 g/mol. The number of amides is 1. The topological polar surface area (TPSA) is 108 Å². The number of ether oxygens (including phenoxy) is 1. The van der Waals surface area contributed by atoms with E-state index in [1.54, 1.807) is 17.6 Å². The highest BCUT2D eigenvalue weighted by atomic mass is 16.5. The number of likely N-dealkylation sites (tertiary alicyclic amines) is 1. The molecule has 0 radical (unpaired) electrons. The number of anilines is 1. The number of carbonyl (C=O) groups is 1. The van der Waals surface area contributed by atoms with Gasteiger partial charge in [-0.3, -0.25) is 14.4 Å². The normalized spacial score (nSPS) is 16.5. The second kappa shape index (κ2) is 12.4. The van der Waals surface area contributed by atoms with Gasteiger partial charge in [-0.1, -0.05) is 6.58 Å². The first-order valence-corrected chi connectivity index (χ1v) is 14.9. The molecule has 4 aromatic rings. The highest BCUT2D eigenvalue weighted by Crippen LogP contribution is 2.33. The lowest BCUT2D eigenvalue weighted by Crippen LogP contribution is -2.49. The highest BCUT2D eigenvalue weighted by Gasteiger charge is 2.24. The fourth-order valence-electron chi connectivity index (χ4n) is 5.94. The van der Waals surface area contributed by atoms with Crippen LogP contribution in [0.3, 0.4) is 0 Å². The van der Waals surface area contributed by atoms with Crippen molar-refractivity contribution in [3.63, 3.8) is 0 Å². The lowest BCUT2D eigenvalue weighted by Gasteiger charge is -2.35. The summed E-state index contributed by atoms with van der Waals surface area (Å²) in [6.07, 6.45) is 11.5. The maximum atomic E-state index is 12.3. The zero-order chi connectivity index (χ0) is 29.9. The summed E-state index contributed by atoms with van der Waals surface area (Å²) in [5, 5.41) is 19.1. The predicted molar refractivity (Wildman–Crippen MR) is 164 cm³/mol. The molecule has 0 unspecified atom stereocenters. The minimum absolute atomic E-state index is 0.00870. The summed E-state index contributed by atoms with van der Waals surface area (Å²) in [5.41, 5.74) is 5.59. The Bertz CT molecular complexity index is 1650. The van der Waals surface area contributed by atoms with Crippen LogP contribution in [0.2, 0.25) is 0 Å². The van der Waals surface area contributed by atoms with Gasteiger partial charge in [0.15, 0.2) is 0 Å². The zero-order valence-electron chi connectivity index (χ0n) is 24.8. The molecule has 6 rings (SSSR count). The minimum atomic E-state index is 0.00870. The largest absolute Gasteiger partial charge is 0.366 e. The molecule has 11 nitrogen and oxygen atoms in total. The van der Waals surface area contributed by atoms with E-state index in [9.17, 15) is 10.1 Å². The molecule has 2 aliphatic heterocycles. The van der Waals surface area contributed by atoms with Crippen molar-refractivity contribution in [3.05, 3.63) is 66.9 Å². The number of rotatable bonds is 8. The Morgan fingerprint density at radius 1 is 1.02 bits per heavy atom. The molecule has 6 heterocycles. The van der Waals surface area contributed by atoms with Crippen LogP contribution < -0.4 is 4.90 Å². The van der Waals surface area contributed by atoms with Crippen LogP contribution in [0.1, 0.15) is 38.3 Å². The molecule has 0 N–H and O–H groups in total. The first kappa shape index (κ1) is 28.6. The number of hydrogen-bond acceptors (Lipinski definition) is 8. The van der Waals surface area contributed by atoms with Gasteiger partial charge in [0.25, 0.3) is 0 Å². The molecule has 2 aliphatic rings. The molecular weight excluding hydrogens is 542 g/mol. The molecule has 2 saturated heterocycles. The summed E-state index contributed by atoms with van der Waals surface area (Å²) >= 11 is 0. The molecular formula is C32H37N9O2. The van der Waals surface area contributed by atoms with Crippen LogP contribution in [0.15, 0.2) is 61.3 Å². The Morgan fingerprint density at radius 3 is 2.49 bits per heavy atom. The van der Waals surface area contributed by atoms with Crippen molar-refractivity contribution in [2.24, 2.45) is 0 Å². The van der Waals surface area contributed by atoms with Crippen LogP contribution in [-0.4, -0.2) is 92.7 Å². The molecule has 2 fully saturated rings. The van der Waals surface area contributed by atoms with Crippen LogP contribution in [0.25, 0.3) is 27.8 Å². The van der Waals surface area contributed by atoms with E-state index in [2.05, 4.69) is 44.5 Å². The molecule has 43 heavy (non-hydrogen) atoms. The van der Waals surface area contributed by atoms with Gasteiger partial charge in [0.05, 0.1) is 36.2 Å².